The van der Waals surface area contributed by atoms with Gasteiger partial charge in [0.2, 0.25) is 5.95 Å². The van der Waals surface area contributed by atoms with E-state index in [1.165, 1.54) is 0 Å². The molecule has 0 amide bonds. The molecule has 4 heterocycles. The van der Waals surface area contributed by atoms with Gasteiger partial charge in [-0.3, -0.25) is 4.98 Å². The van der Waals surface area contributed by atoms with Crippen LogP contribution in [0.25, 0.3) is 11.2 Å². The second kappa shape index (κ2) is 6.21. The van der Waals surface area contributed by atoms with E-state index in [2.05, 4.69) is 30.2 Å². The molecule has 1 saturated heterocycles. The Kier molecular flexibility index (Phi) is 3.77. The summed E-state index contributed by atoms with van der Waals surface area (Å²) in [4.78, 5) is 18.6. The van der Waals surface area contributed by atoms with Crippen LogP contribution in [0.15, 0.2) is 42.9 Å². The zero-order valence-corrected chi connectivity index (χ0v) is 12.6. The van der Waals surface area contributed by atoms with Crippen LogP contribution >= 0.6 is 0 Å². The lowest BCUT2D eigenvalue weighted by molar-refractivity contribution is 0.265. The fourth-order valence-corrected chi connectivity index (χ4v) is 2.78. The monoisotopic (exact) mass is 310 g/mol. The topological polar surface area (TPSA) is 79.0 Å². The maximum absolute atomic E-state index is 5.87. The molecule has 3 aromatic rings. The Bertz CT molecular complexity index is 741. The van der Waals surface area contributed by atoms with Crippen LogP contribution in [-0.4, -0.2) is 52.2 Å². The fourth-order valence-electron chi connectivity index (χ4n) is 2.78. The fraction of sp³-hybridized carbons (Fsp3) is 0.312. The van der Waals surface area contributed by atoms with Crippen molar-refractivity contribution in [3.8, 4) is 5.75 Å². The van der Waals surface area contributed by atoms with Crippen LogP contribution in [0.2, 0.25) is 0 Å². The molecule has 23 heavy (non-hydrogen) atoms. The van der Waals surface area contributed by atoms with Crippen molar-refractivity contribution in [2.45, 2.75) is 6.04 Å². The Morgan fingerprint density at radius 1 is 1.26 bits per heavy atom. The van der Waals surface area contributed by atoms with Gasteiger partial charge in [-0.2, -0.15) is 4.98 Å². The van der Waals surface area contributed by atoms with Crippen molar-refractivity contribution < 1.29 is 4.74 Å². The summed E-state index contributed by atoms with van der Waals surface area (Å²) in [6, 6.07) is 7.88. The van der Waals surface area contributed by atoms with E-state index in [9.17, 15) is 0 Å². The lowest BCUT2D eigenvalue weighted by Gasteiger charge is -2.35. The van der Waals surface area contributed by atoms with Crippen molar-refractivity contribution in [1.29, 1.82) is 0 Å². The van der Waals surface area contributed by atoms with E-state index < -0.39 is 0 Å². The van der Waals surface area contributed by atoms with Crippen LogP contribution in [0.4, 0.5) is 5.95 Å². The third-order valence-corrected chi connectivity index (χ3v) is 3.94. The molecule has 4 rings (SSSR count). The van der Waals surface area contributed by atoms with Crippen LogP contribution in [0.5, 0.6) is 5.75 Å². The summed E-state index contributed by atoms with van der Waals surface area (Å²) >= 11 is 0. The largest absolute Gasteiger partial charge is 0.490 e. The number of nitrogens with zero attached hydrogens (tertiary/aromatic N) is 4. The third-order valence-electron chi connectivity index (χ3n) is 3.94. The number of aromatic amines is 1. The van der Waals surface area contributed by atoms with Gasteiger partial charge >= 0.3 is 0 Å². The lowest BCUT2D eigenvalue weighted by Crippen LogP contribution is -2.54. The van der Waals surface area contributed by atoms with E-state index in [0.717, 1.165) is 42.5 Å². The molecule has 1 aliphatic rings. The number of nitrogens with one attached hydrogen (secondary N) is 2. The SMILES string of the molecule is c1cncc(OC[C@H]2CNCCN2c2nc3ncccc3[nH]2)c1. The number of aromatic nitrogens is 4. The Morgan fingerprint density at radius 2 is 2.22 bits per heavy atom. The van der Waals surface area contributed by atoms with Crippen LogP contribution in [0.3, 0.4) is 0 Å². The molecule has 7 nitrogen and oxygen atoms in total. The van der Waals surface area contributed by atoms with Gasteiger partial charge in [0.1, 0.15) is 12.4 Å². The second-order valence-electron chi connectivity index (χ2n) is 5.49. The molecule has 1 fully saturated rings. The zero-order chi connectivity index (χ0) is 15.5. The first-order valence-electron chi connectivity index (χ1n) is 7.71. The van der Waals surface area contributed by atoms with Gasteiger partial charge in [0, 0.05) is 32.0 Å². The lowest BCUT2D eigenvalue weighted by atomic mass is 10.2. The number of piperazine rings is 1. The molecule has 0 unspecified atom stereocenters. The Morgan fingerprint density at radius 3 is 3.09 bits per heavy atom. The number of ether oxygens (including phenoxy) is 1. The minimum absolute atomic E-state index is 0.199. The van der Waals surface area contributed by atoms with Gasteiger partial charge < -0.3 is 19.9 Å². The summed E-state index contributed by atoms with van der Waals surface area (Å²) in [7, 11) is 0. The molecule has 1 atom stereocenters. The Balaban J connectivity index is 1.53. The van der Waals surface area contributed by atoms with Gasteiger partial charge in [-0.25, -0.2) is 4.98 Å². The number of hydrogen-bond donors (Lipinski definition) is 2. The summed E-state index contributed by atoms with van der Waals surface area (Å²) in [5.41, 5.74) is 1.70. The van der Waals surface area contributed by atoms with Crippen molar-refractivity contribution in [3.05, 3.63) is 42.9 Å². The first-order chi connectivity index (χ1) is 11.4. The minimum atomic E-state index is 0.199. The summed E-state index contributed by atoms with van der Waals surface area (Å²) in [6.07, 6.45) is 5.22. The minimum Gasteiger partial charge on any atom is -0.490 e. The predicted molar refractivity (Wildman–Crippen MR) is 87.6 cm³/mol. The van der Waals surface area contributed by atoms with Crippen LogP contribution in [0.1, 0.15) is 0 Å². The van der Waals surface area contributed by atoms with E-state index in [-0.39, 0.29) is 6.04 Å². The van der Waals surface area contributed by atoms with E-state index in [4.69, 9.17) is 4.74 Å². The number of H-pyrrole nitrogens is 1. The highest BCUT2D eigenvalue weighted by atomic mass is 16.5. The summed E-state index contributed by atoms with van der Waals surface area (Å²) in [5.74, 6) is 1.63. The van der Waals surface area contributed by atoms with E-state index in [1.54, 1.807) is 18.6 Å². The Labute approximate surface area is 133 Å². The quantitative estimate of drug-likeness (QED) is 0.754. The van der Waals surface area contributed by atoms with Crippen molar-refractivity contribution >= 4 is 17.1 Å². The molecular weight excluding hydrogens is 292 g/mol. The van der Waals surface area contributed by atoms with E-state index in [0.29, 0.717) is 6.61 Å². The number of fused-ring (bicyclic) bond motifs is 1. The number of rotatable bonds is 4. The van der Waals surface area contributed by atoms with Gasteiger partial charge in [0.15, 0.2) is 5.65 Å². The third kappa shape index (κ3) is 2.95. The smallest absolute Gasteiger partial charge is 0.205 e. The van der Waals surface area contributed by atoms with Crippen molar-refractivity contribution in [3.63, 3.8) is 0 Å². The maximum Gasteiger partial charge on any atom is 0.205 e. The highest BCUT2D eigenvalue weighted by Crippen LogP contribution is 2.19. The van der Waals surface area contributed by atoms with Gasteiger partial charge in [0.25, 0.3) is 0 Å². The van der Waals surface area contributed by atoms with Crippen molar-refractivity contribution in [2.24, 2.45) is 0 Å². The molecule has 3 aromatic heterocycles. The maximum atomic E-state index is 5.87. The molecule has 7 heteroatoms. The molecule has 0 spiro atoms. The first-order valence-corrected chi connectivity index (χ1v) is 7.71. The second-order valence-corrected chi connectivity index (χ2v) is 5.49. The standard InChI is InChI=1S/C16H18N6O/c1-3-13(10-17-5-1)23-11-12-9-18-7-8-22(12)16-20-14-4-2-6-19-15(14)21-16/h1-6,10,12,18H,7-9,11H2,(H,19,20,21)/t12-/m1/s1. The molecule has 0 radical (unpaired) electrons. The first kappa shape index (κ1) is 14.0. The van der Waals surface area contributed by atoms with Crippen molar-refractivity contribution in [2.75, 3.05) is 31.1 Å². The average molecular weight is 310 g/mol. The highest BCUT2D eigenvalue weighted by molar-refractivity contribution is 5.73. The van der Waals surface area contributed by atoms with Gasteiger partial charge in [-0.05, 0) is 24.3 Å². The molecule has 2 N–H and O–H groups in total. The number of pyridine rings is 2. The zero-order valence-electron chi connectivity index (χ0n) is 12.6. The molecule has 118 valence electrons. The summed E-state index contributed by atoms with van der Waals surface area (Å²) < 4.78 is 5.87. The Hall–Kier alpha value is -2.67. The van der Waals surface area contributed by atoms with Gasteiger partial charge in [-0.1, -0.05) is 0 Å². The number of imidazole rings is 1. The molecule has 0 aromatic carbocycles. The highest BCUT2D eigenvalue weighted by Gasteiger charge is 2.25. The van der Waals surface area contributed by atoms with Crippen LogP contribution in [0, 0.1) is 0 Å². The number of anilines is 1. The van der Waals surface area contributed by atoms with E-state index >= 15 is 0 Å². The molecule has 0 saturated carbocycles. The molecule has 1 aliphatic heterocycles. The van der Waals surface area contributed by atoms with Crippen LogP contribution < -0.4 is 15.0 Å². The van der Waals surface area contributed by atoms with Gasteiger partial charge in [-0.15, -0.1) is 0 Å². The molecule has 0 bridgehead atoms. The normalized spacial score (nSPS) is 18.3. The van der Waals surface area contributed by atoms with Gasteiger partial charge in [0.05, 0.1) is 17.8 Å². The van der Waals surface area contributed by atoms with Crippen molar-refractivity contribution in [1.82, 2.24) is 25.3 Å². The predicted octanol–water partition coefficient (Wildman–Crippen LogP) is 1.21. The average Bonchev–Trinajstić information content (AvgIpc) is 3.05. The molecule has 0 aliphatic carbocycles. The van der Waals surface area contributed by atoms with Crippen LogP contribution in [-0.2, 0) is 0 Å². The summed E-state index contributed by atoms with van der Waals surface area (Å²) in [5, 5.41) is 3.41. The summed E-state index contributed by atoms with van der Waals surface area (Å²) in [6.45, 7) is 3.22. The molecular formula is C16H18N6O. The van der Waals surface area contributed by atoms with E-state index in [1.807, 2.05) is 24.3 Å². The number of hydrogen-bond acceptors (Lipinski definition) is 6.